The number of aryl methyl sites for hydroxylation is 1. The number of hydrogen-bond acceptors (Lipinski definition) is 2. The molecular weight excluding hydrogens is 265 g/mol. The molecule has 0 spiro atoms. The van der Waals surface area contributed by atoms with Crippen molar-refractivity contribution in [3.8, 4) is 0 Å². The molecule has 0 heterocycles. The monoisotopic (exact) mass is 285 g/mol. The molecule has 0 amide bonds. The summed E-state index contributed by atoms with van der Waals surface area (Å²) in [5, 5.41) is 7.39. The van der Waals surface area contributed by atoms with Crippen molar-refractivity contribution in [2.75, 3.05) is 11.9 Å². The van der Waals surface area contributed by atoms with Gasteiger partial charge in [0.25, 0.3) is 0 Å². The Hall–Kier alpha value is -2.36. The van der Waals surface area contributed by atoms with E-state index in [4.69, 9.17) is 11.1 Å². The lowest BCUT2D eigenvalue weighted by atomic mass is 10.1. The highest BCUT2D eigenvalue weighted by molar-refractivity contribution is 5.95. The Kier molecular flexibility index (Phi) is 4.58. The van der Waals surface area contributed by atoms with Gasteiger partial charge in [-0.1, -0.05) is 31.2 Å². The second-order valence-corrected chi connectivity index (χ2v) is 5.07. The molecule has 21 heavy (non-hydrogen) atoms. The van der Waals surface area contributed by atoms with E-state index in [0.717, 1.165) is 12.1 Å². The van der Waals surface area contributed by atoms with Gasteiger partial charge in [0.05, 0.1) is 5.56 Å². The van der Waals surface area contributed by atoms with Crippen LogP contribution in [0.1, 0.15) is 23.6 Å². The van der Waals surface area contributed by atoms with E-state index in [0.29, 0.717) is 12.1 Å². The summed E-state index contributed by atoms with van der Waals surface area (Å²) >= 11 is 0. The normalized spacial score (nSPS) is 10.4. The molecule has 0 atom stereocenters. The van der Waals surface area contributed by atoms with Crippen LogP contribution < -0.4 is 10.6 Å². The van der Waals surface area contributed by atoms with E-state index in [1.165, 1.54) is 11.6 Å². The van der Waals surface area contributed by atoms with Gasteiger partial charge < -0.3 is 10.6 Å². The molecule has 0 aliphatic carbocycles. The standard InChI is InChI=1S/C17H20FN3/c1-3-12-7-9-14(10-8-12)21(2)11-13-5-4-6-15(16(13)18)17(19)20/h4-10H,3,11H2,1-2H3,(H3,19,20). The van der Waals surface area contributed by atoms with Gasteiger partial charge in [0.15, 0.2) is 0 Å². The Morgan fingerprint density at radius 3 is 2.43 bits per heavy atom. The highest BCUT2D eigenvalue weighted by Gasteiger charge is 2.12. The van der Waals surface area contributed by atoms with E-state index >= 15 is 0 Å². The van der Waals surface area contributed by atoms with Crippen molar-refractivity contribution >= 4 is 11.5 Å². The second kappa shape index (κ2) is 6.39. The maximum Gasteiger partial charge on any atom is 0.139 e. The van der Waals surface area contributed by atoms with Crippen molar-refractivity contribution in [1.29, 1.82) is 5.41 Å². The Morgan fingerprint density at radius 2 is 1.86 bits per heavy atom. The van der Waals surface area contributed by atoms with Crippen molar-refractivity contribution < 1.29 is 4.39 Å². The molecule has 0 bridgehead atoms. The first-order valence-electron chi connectivity index (χ1n) is 6.94. The van der Waals surface area contributed by atoms with Gasteiger partial charge in [-0.2, -0.15) is 0 Å². The van der Waals surface area contributed by atoms with Crippen LogP contribution in [0.15, 0.2) is 42.5 Å². The summed E-state index contributed by atoms with van der Waals surface area (Å²) in [6, 6.07) is 13.2. The van der Waals surface area contributed by atoms with Crippen molar-refractivity contribution in [3.05, 3.63) is 65.0 Å². The molecule has 0 aliphatic rings. The number of amidine groups is 1. The zero-order valence-electron chi connectivity index (χ0n) is 12.4. The molecule has 0 aromatic heterocycles. The minimum absolute atomic E-state index is 0.155. The number of anilines is 1. The van der Waals surface area contributed by atoms with Crippen molar-refractivity contribution in [3.63, 3.8) is 0 Å². The SMILES string of the molecule is CCc1ccc(N(C)Cc2cccc(C(=N)N)c2F)cc1. The summed E-state index contributed by atoms with van der Waals surface area (Å²) in [5.41, 5.74) is 8.38. The predicted octanol–water partition coefficient (Wildman–Crippen LogP) is 3.31. The highest BCUT2D eigenvalue weighted by atomic mass is 19.1. The first-order valence-corrected chi connectivity index (χ1v) is 6.94. The van der Waals surface area contributed by atoms with E-state index < -0.39 is 5.82 Å². The fraction of sp³-hybridized carbons (Fsp3) is 0.235. The molecule has 0 radical (unpaired) electrons. The maximum atomic E-state index is 14.3. The average Bonchev–Trinajstić information content (AvgIpc) is 2.49. The predicted molar refractivity (Wildman–Crippen MR) is 85.3 cm³/mol. The first kappa shape index (κ1) is 15.0. The topological polar surface area (TPSA) is 53.1 Å². The van der Waals surface area contributed by atoms with E-state index in [9.17, 15) is 4.39 Å². The van der Waals surface area contributed by atoms with Crippen LogP contribution in [0.3, 0.4) is 0 Å². The van der Waals surface area contributed by atoms with E-state index in [1.807, 2.05) is 24.1 Å². The molecule has 0 saturated heterocycles. The summed E-state index contributed by atoms with van der Waals surface area (Å²) in [6.45, 7) is 2.54. The lowest BCUT2D eigenvalue weighted by molar-refractivity contribution is 0.605. The lowest BCUT2D eigenvalue weighted by Crippen LogP contribution is -2.19. The smallest absolute Gasteiger partial charge is 0.139 e. The Morgan fingerprint density at radius 1 is 1.19 bits per heavy atom. The van der Waals surface area contributed by atoms with Gasteiger partial charge in [-0.05, 0) is 30.2 Å². The number of nitrogens with zero attached hydrogens (tertiary/aromatic N) is 1. The quantitative estimate of drug-likeness (QED) is 0.654. The minimum atomic E-state index is -0.415. The van der Waals surface area contributed by atoms with Crippen LogP contribution in [0.25, 0.3) is 0 Å². The molecule has 2 rings (SSSR count). The minimum Gasteiger partial charge on any atom is -0.384 e. The molecule has 110 valence electrons. The van der Waals surface area contributed by atoms with Gasteiger partial charge in [-0.25, -0.2) is 4.39 Å². The largest absolute Gasteiger partial charge is 0.384 e. The first-order chi connectivity index (χ1) is 10.0. The number of benzene rings is 2. The van der Waals surface area contributed by atoms with Gasteiger partial charge in [0.1, 0.15) is 11.7 Å². The van der Waals surface area contributed by atoms with Crippen molar-refractivity contribution in [1.82, 2.24) is 0 Å². The molecule has 0 saturated carbocycles. The summed E-state index contributed by atoms with van der Waals surface area (Å²) in [5.74, 6) is -0.661. The molecule has 2 aromatic carbocycles. The van der Waals surface area contributed by atoms with Gasteiger partial charge in [0.2, 0.25) is 0 Å². The van der Waals surface area contributed by atoms with Crippen LogP contribution in [-0.4, -0.2) is 12.9 Å². The molecular formula is C17H20FN3. The van der Waals surface area contributed by atoms with E-state index in [-0.39, 0.29) is 11.4 Å². The lowest BCUT2D eigenvalue weighted by Gasteiger charge is -2.20. The number of halogens is 1. The maximum absolute atomic E-state index is 14.3. The zero-order chi connectivity index (χ0) is 15.4. The fourth-order valence-electron chi connectivity index (χ4n) is 2.24. The molecule has 0 unspecified atom stereocenters. The summed E-state index contributed by atoms with van der Waals surface area (Å²) in [4.78, 5) is 1.97. The number of nitrogens with two attached hydrogens (primary N) is 1. The molecule has 3 N–H and O–H groups in total. The van der Waals surface area contributed by atoms with Gasteiger partial charge >= 0.3 is 0 Å². The third-order valence-corrected chi connectivity index (χ3v) is 3.56. The van der Waals surface area contributed by atoms with Gasteiger partial charge in [0, 0.05) is 24.8 Å². The van der Waals surface area contributed by atoms with Crippen LogP contribution in [0, 0.1) is 11.2 Å². The second-order valence-electron chi connectivity index (χ2n) is 5.07. The number of nitrogen functional groups attached to an aromatic ring is 1. The molecule has 4 heteroatoms. The van der Waals surface area contributed by atoms with Crippen LogP contribution in [0.5, 0.6) is 0 Å². The number of nitrogens with one attached hydrogen (secondary N) is 1. The van der Waals surface area contributed by atoms with Crippen LogP contribution >= 0.6 is 0 Å². The van der Waals surface area contributed by atoms with E-state index in [2.05, 4.69) is 19.1 Å². The number of hydrogen-bond donors (Lipinski definition) is 2. The van der Waals surface area contributed by atoms with Crippen LogP contribution in [0.2, 0.25) is 0 Å². The van der Waals surface area contributed by atoms with E-state index in [1.54, 1.807) is 12.1 Å². The Labute approximate surface area is 124 Å². The summed E-state index contributed by atoms with van der Waals surface area (Å²) in [6.07, 6.45) is 0.999. The highest BCUT2D eigenvalue weighted by Crippen LogP contribution is 2.19. The number of rotatable bonds is 5. The molecule has 3 nitrogen and oxygen atoms in total. The molecule has 2 aromatic rings. The Balaban J connectivity index is 2.20. The van der Waals surface area contributed by atoms with Gasteiger partial charge in [-0.15, -0.1) is 0 Å². The molecule has 0 fully saturated rings. The summed E-state index contributed by atoms with van der Waals surface area (Å²) < 4.78 is 14.3. The zero-order valence-corrected chi connectivity index (χ0v) is 12.4. The van der Waals surface area contributed by atoms with Crippen LogP contribution in [0.4, 0.5) is 10.1 Å². The fourth-order valence-corrected chi connectivity index (χ4v) is 2.24. The van der Waals surface area contributed by atoms with Crippen molar-refractivity contribution in [2.45, 2.75) is 19.9 Å². The third-order valence-electron chi connectivity index (χ3n) is 3.56. The molecule has 0 aliphatic heterocycles. The Bertz CT molecular complexity index is 635. The van der Waals surface area contributed by atoms with Gasteiger partial charge in [-0.3, -0.25) is 5.41 Å². The van der Waals surface area contributed by atoms with Crippen molar-refractivity contribution in [2.24, 2.45) is 5.73 Å². The third kappa shape index (κ3) is 3.40. The average molecular weight is 285 g/mol. The van der Waals surface area contributed by atoms with Crippen LogP contribution in [-0.2, 0) is 13.0 Å². The summed E-state index contributed by atoms with van der Waals surface area (Å²) in [7, 11) is 1.92.